The quantitative estimate of drug-likeness (QED) is 0.600. The van der Waals surface area contributed by atoms with E-state index in [1.54, 1.807) is 12.3 Å². The lowest BCUT2D eigenvalue weighted by Crippen LogP contribution is -2.31. The van der Waals surface area contributed by atoms with Gasteiger partial charge in [-0.25, -0.2) is 0 Å². The number of rotatable bonds is 0. The zero-order valence-electron chi connectivity index (χ0n) is 5.13. The third-order valence-corrected chi connectivity index (χ3v) is 1.61. The van der Waals surface area contributed by atoms with E-state index < -0.39 is 0 Å². The molecule has 10 heavy (non-hydrogen) atoms. The van der Waals surface area contributed by atoms with Gasteiger partial charge in [-0.3, -0.25) is 0 Å². The zero-order chi connectivity index (χ0) is 7.56. The van der Waals surface area contributed by atoms with Gasteiger partial charge in [0.05, 0.1) is 6.07 Å². The van der Waals surface area contributed by atoms with Crippen molar-refractivity contribution >= 4 is 15.9 Å². The summed E-state index contributed by atoms with van der Waals surface area (Å²) in [5.74, 6) is 0. The van der Waals surface area contributed by atoms with Gasteiger partial charge in [0.25, 0.3) is 0 Å². The predicted octanol–water partition coefficient (Wildman–Crippen LogP) is 0.561. The normalized spacial score (nSPS) is 23.8. The highest BCUT2D eigenvalue weighted by Gasteiger charge is 2.11. The summed E-state index contributed by atoms with van der Waals surface area (Å²) in [6.45, 7) is 0. The monoisotopic (exact) mass is 199 g/mol. The number of allylic oxidation sites excluding steroid dienone is 2. The molecule has 0 aromatic rings. The molecular formula is C6H6BrN3. The van der Waals surface area contributed by atoms with Crippen LogP contribution in [0.15, 0.2) is 22.5 Å². The van der Waals surface area contributed by atoms with Crippen LogP contribution in [0.3, 0.4) is 0 Å². The first-order valence-electron chi connectivity index (χ1n) is 2.72. The molecule has 0 aromatic heterocycles. The number of nitrogens with one attached hydrogen (secondary N) is 1. The van der Waals surface area contributed by atoms with Gasteiger partial charge < -0.3 is 11.1 Å². The number of nitrogens with two attached hydrogens (primary N) is 1. The van der Waals surface area contributed by atoms with Crippen LogP contribution in [-0.2, 0) is 0 Å². The minimum Gasteiger partial charge on any atom is -0.399 e. The largest absolute Gasteiger partial charge is 0.399 e. The van der Waals surface area contributed by atoms with E-state index >= 15 is 0 Å². The highest BCUT2D eigenvalue weighted by atomic mass is 79.9. The molecule has 1 atom stereocenters. The topological polar surface area (TPSA) is 61.8 Å². The van der Waals surface area contributed by atoms with Crippen LogP contribution >= 0.6 is 15.9 Å². The Balaban J connectivity index is 2.80. The maximum Gasteiger partial charge on any atom is 0.154 e. The average molecular weight is 200 g/mol. The van der Waals surface area contributed by atoms with E-state index in [1.165, 1.54) is 0 Å². The van der Waals surface area contributed by atoms with Gasteiger partial charge in [-0.1, -0.05) is 0 Å². The molecule has 1 aliphatic heterocycles. The van der Waals surface area contributed by atoms with Crippen molar-refractivity contribution in [2.45, 2.75) is 6.04 Å². The molecule has 0 spiro atoms. The first-order chi connectivity index (χ1) is 4.74. The van der Waals surface area contributed by atoms with Crippen LogP contribution < -0.4 is 11.1 Å². The molecule has 0 radical (unpaired) electrons. The van der Waals surface area contributed by atoms with Crippen molar-refractivity contribution in [1.82, 2.24) is 5.32 Å². The molecule has 0 saturated carbocycles. The molecule has 0 fully saturated rings. The Morgan fingerprint density at radius 2 is 2.50 bits per heavy atom. The molecule has 0 amide bonds. The fourth-order valence-corrected chi connectivity index (χ4v) is 1.05. The third-order valence-electron chi connectivity index (χ3n) is 1.15. The van der Waals surface area contributed by atoms with E-state index in [0.29, 0.717) is 5.70 Å². The fourth-order valence-electron chi connectivity index (χ4n) is 0.655. The Bertz CT molecular complexity index is 236. The molecule has 3 N–H and O–H groups in total. The van der Waals surface area contributed by atoms with Crippen LogP contribution in [0.5, 0.6) is 0 Å². The van der Waals surface area contributed by atoms with Gasteiger partial charge in [0.2, 0.25) is 0 Å². The van der Waals surface area contributed by atoms with Crippen LogP contribution in [0.1, 0.15) is 0 Å². The Hall–Kier alpha value is -0.950. The SMILES string of the molecule is N#CC1NC=C(Br)C=C1N. The molecule has 4 heteroatoms. The van der Waals surface area contributed by atoms with Gasteiger partial charge in [-0.15, -0.1) is 0 Å². The number of hydrogen-bond acceptors (Lipinski definition) is 3. The standard InChI is InChI=1S/C6H6BrN3/c7-4-1-5(9)6(2-8)10-3-4/h1,3,6,10H,9H2. The minimum atomic E-state index is -0.374. The van der Waals surface area contributed by atoms with Crippen LogP contribution in [0.4, 0.5) is 0 Å². The van der Waals surface area contributed by atoms with Crippen molar-refractivity contribution in [3.63, 3.8) is 0 Å². The van der Waals surface area contributed by atoms with E-state index in [1.807, 2.05) is 6.07 Å². The summed E-state index contributed by atoms with van der Waals surface area (Å²) in [7, 11) is 0. The minimum absolute atomic E-state index is 0.374. The van der Waals surface area contributed by atoms with Crippen LogP contribution in [0, 0.1) is 11.3 Å². The van der Waals surface area contributed by atoms with Crippen LogP contribution in [0.2, 0.25) is 0 Å². The molecule has 0 aromatic carbocycles. The third kappa shape index (κ3) is 1.31. The molecule has 0 saturated heterocycles. The summed E-state index contributed by atoms with van der Waals surface area (Å²) in [5, 5.41) is 11.3. The second-order valence-electron chi connectivity index (χ2n) is 1.90. The van der Waals surface area contributed by atoms with Gasteiger partial charge in [-0.05, 0) is 22.0 Å². The van der Waals surface area contributed by atoms with Crippen molar-refractivity contribution in [2.75, 3.05) is 0 Å². The summed E-state index contributed by atoms with van der Waals surface area (Å²) in [6.07, 6.45) is 3.41. The zero-order valence-corrected chi connectivity index (χ0v) is 6.72. The van der Waals surface area contributed by atoms with Gasteiger partial charge in [0, 0.05) is 16.4 Å². The van der Waals surface area contributed by atoms with E-state index in [-0.39, 0.29) is 6.04 Å². The Morgan fingerprint density at radius 3 is 3.00 bits per heavy atom. The lowest BCUT2D eigenvalue weighted by atomic mass is 10.2. The Kier molecular flexibility index (Phi) is 1.97. The summed E-state index contributed by atoms with van der Waals surface area (Å²) in [4.78, 5) is 0. The summed E-state index contributed by atoms with van der Waals surface area (Å²) < 4.78 is 0.858. The molecule has 1 aliphatic rings. The van der Waals surface area contributed by atoms with Crippen LogP contribution in [-0.4, -0.2) is 6.04 Å². The smallest absolute Gasteiger partial charge is 0.154 e. The van der Waals surface area contributed by atoms with E-state index in [4.69, 9.17) is 11.0 Å². The van der Waals surface area contributed by atoms with Gasteiger partial charge in [0.15, 0.2) is 6.04 Å². The van der Waals surface area contributed by atoms with E-state index in [9.17, 15) is 0 Å². The molecule has 1 rings (SSSR count). The number of hydrogen-bond donors (Lipinski definition) is 2. The molecule has 1 unspecified atom stereocenters. The van der Waals surface area contributed by atoms with Crippen molar-refractivity contribution in [3.05, 3.63) is 22.5 Å². The van der Waals surface area contributed by atoms with Gasteiger partial charge >= 0.3 is 0 Å². The second kappa shape index (κ2) is 2.76. The summed E-state index contributed by atoms with van der Waals surface area (Å²) in [6, 6.07) is 1.63. The number of dihydropyridines is 1. The highest BCUT2D eigenvalue weighted by Crippen LogP contribution is 2.12. The van der Waals surface area contributed by atoms with Crippen molar-refractivity contribution in [2.24, 2.45) is 5.73 Å². The van der Waals surface area contributed by atoms with Crippen molar-refractivity contribution in [3.8, 4) is 6.07 Å². The Labute approximate surface area is 67.3 Å². The lowest BCUT2D eigenvalue weighted by molar-refractivity contribution is 0.782. The van der Waals surface area contributed by atoms with E-state index in [0.717, 1.165) is 4.48 Å². The molecule has 52 valence electrons. The molecule has 1 heterocycles. The first kappa shape index (κ1) is 7.16. The summed E-state index contributed by atoms with van der Waals surface area (Å²) in [5.41, 5.74) is 6.02. The average Bonchev–Trinajstić information content (AvgIpc) is 1.88. The number of halogens is 1. The summed E-state index contributed by atoms with van der Waals surface area (Å²) >= 11 is 3.22. The molecule has 3 nitrogen and oxygen atoms in total. The van der Waals surface area contributed by atoms with Gasteiger partial charge in [-0.2, -0.15) is 5.26 Å². The van der Waals surface area contributed by atoms with Crippen molar-refractivity contribution < 1.29 is 0 Å². The Morgan fingerprint density at radius 1 is 1.80 bits per heavy atom. The predicted molar refractivity (Wildman–Crippen MR) is 41.8 cm³/mol. The fraction of sp³-hybridized carbons (Fsp3) is 0.167. The lowest BCUT2D eigenvalue weighted by Gasteiger charge is -2.13. The first-order valence-corrected chi connectivity index (χ1v) is 3.51. The second-order valence-corrected chi connectivity index (χ2v) is 2.82. The number of nitrogens with zero attached hydrogens (tertiary/aromatic N) is 1. The van der Waals surface area contributed by atoms with Gasteiger partial charge in [0.1, 0.15) is 0 Å². The van der Waals surface area contributed by atoms with E-state index in [2.05, 4.69) is 21.2 Å². The van der Waals surface area contributed by atoms with Crippen LogP contribution in [0.25, 0.3) is 0 Å². The number of nitriles is 1. The van der Waals surface area contributed by atoms with Crippen molar-refractivity contribution in [1.29, 1.82) is 5.26 Å². The molecule has 0 aliphatic carbocycles. The molecular weight excluding hydrogens is 194 g/mol. The maximum atomic E-state index is 8.47. The highest BCUT2D eigenvalue weighted by molar-refractivity contribution is 9.11. The molecule has 0 bridgehead atoms. The maximum absolute atomic E-state index is 8.47.